The highest BCUT2D eigenvalue weighted by atomic mass is 32.2. The lowest BCUT2D eigenvalue weighted by Crippen LogP contribution is -2.01. The molecular weight excluding hydrogens is 727 g/mol. The van der Waals surface area contributed by atoms with Crippen LogP contribution in [-0.4, -0.2) is 15.0 Å². The fourth-order valence-electron chi connectivity index (χ4n) is 7.90. The lowest BCUT2D eigenvalue weighted by molar-refractivity contribution is 0.669. The van der Waals surface area contributed by atoms with E-state index in [9.17, 15) is 0 Å². The molecule has 0 saturated carbocycles. The second-order valence-corrected chi connectivity index (χ2v) is 15.5. The Morgan fingerprint density at radius 2 is 0.931 bits per heavy atom. The Kier molecular flexibility index (Phi) is 8.37. The summed E-state index contributed by atoms with van der Waals surface area (Å²) in [5.74, 6) is 1.84. The van der Waals surface area contributed by atoms with E-state index in [1.54, 1.807) is 11.8 Å². The van der Waals surface area contributed by atoms with Gasteiger partial charge in [-0.05, 0) is 80.9 Å². The lowest BCUT2D eigenvalue weighted by atomic mass is 9.94. The first-order valence-corrected chi connectivity index (χ1v) is 20.2. The molecule has 11 rings (SSSR count). The number of furan rings is 1. The van der Waals surface area contributed by atoms with Crippen molar-refractivity contribution < 1.29 is 4.42 Å². The van der Waals surface area contributed by atoms with Crippen molar-refractivity contribution in [3.8, 4) is 67.5 Å². The highest BCUT2D eigenvalue weighted by molar-refractivity contribution is 7.99. The molecule has 0 fully saturated rings. The van der Waals surface area contributed by atoms with Crippen molar-refractivity contribution in [3.63, 3.8) is 0 Å². The van der Waals surface area contributed by atoms with Crippen molar-refractivity contribution in [2.45, 2.75) is 9.79 Å². The van der Waals surface area contributed by atoms with E-state index in [2.05, 4.69) is 152 Å². The number of rotatable bonds is 4. The quantitative estimate of drug-likeness (QED) is 0.179. The summed E-state index contributed by atoms with van der Waals surface area (Å²) in [5, 5.41) is 2.19. The molecule has 272 valence electrons. The molecule has 1 aliphatic rings. The van der Waals surface area contributed by atoms with Crippen LogP contribution in [0.3, 0.4) is 0 Å². The average molecular weight is 760 g/mol. The minimum Gasteiger partial charge on any atom is -0.456 e. The minimum atomic E-state index is 0.602. The SMILES string of the molecule is C1=C\c2ccc(-c3nc(-c4ccccc4)nc(-c4cccc(-c5ccccc5)c4)n3)cc2-c2cc3oc4ccccc4c3cc2Sc2ccccc2-c2ccccc2/1. The minimum absolute atomic E-state index is 0.602. The number of benzene rings is 8. The summed E-state index contributed by atoms with van der Waals surface area (Å²) in [6.45, 7) is 0. The maximum atomic E-state index is 6.53. The Morgan fingerprint density at radius 1 is 0.328 bits per heavy atom. The zero-order chi connectivity index (χ0) is 38.4. The molecule has 0 saturated heterocycles. The normalized spacial score (nSPS) is 12.6. The van der Waals surface area contributed by atoms with E-state index in [0.29, 0.717) is 17.5 Å². The van der Waals surface area contributed by atoms with E-state index in [4.69, 9.17) is 19.4 Å². The van der Waals surface area contributed by atoms with Crippen LogP contribution in [0.25, 0.3) is 102 Å². The Morgan fingerprint density at radius 3 is 1.74 bits per heavy atom. The van der Waals surface area contributed by atoms with Gasteiger partial charge in [-0.1, -0.05) is 176 Å². The fourth-order valence-corrected chi connectivity index (χ4v) is 9.03. The van der Waals surface area contributed by atoms with Crippen LogP contribution in [0.4, 0.5) is 0 Å². The van der Waals surface area contributed by atoms with E-state index >= 15 is 0 Å². The predicted molar refractivity (Wildman–Crippen MR) is 239 cm³/mol. The molecule has 0 N–H and O–H groups in total. The summed E-state index contributed by atoms with van der Waals surface area (Å²) in [6, 6.07) is 65.6. The molecule has 10 aromatic rings. The molecule has 3 heterocycles. The maximum absolute atomic E-state index is 6.53. The Bertz CT molecular complexity index is 3210. The van der Waals surface area contributed by atoms with Gasteiger partial charge >= 0.3 is 0 Å². The predicted octanol–water partition coefficient (Wildman–Crippen LogP) is 14.4. The number of para-hydroxylation sites is 1. The topological polar surface area (TPSA) is 51.8 Å². The zero-order valence-electron chi connectivity index (χ0n) is 31.2. The van der Waals surface area contributed by atoms with E-state index in [1.807, 2.05) is 48.5 Å². The van der Waals surface area contributed by atoms with Crippen LogP contribution < -0.4 is 0 Å². The van der Waals surface area contributed by atoms with E-state index in [0.717, 1.165) is 76.9 Å². The summed E-state index contributed by atoms with van der Waals surface area (Å²) in [4.78, 5) is 17.7. The molecule has 0 amide bonds. The average Bonchev–Trinajstić information content (AvgIpc) is 3.65. The Hall–Kier alpha value is -7.34. The summed E-state index contributed by atoms with van der Waals surface area (Å²) in [6.07, 6.45) is 4.46. The maximum Gasteiger partial charge on any atom is 0.164 e. The summed E-state index contributed by atoms with van der Waals surface area (Å²) in [5.41, 5.74) is 13.5. The Balaban J connectivity index is 1.15. The van der Waals surface area contributed by atoms with Gasteiger partial charge in [-0.25, -0.2) is 15.0 Å². The van der Waals surface area contributed by atoms with Crippen molar-refractivity contribution in [3.05, 3.63) is 199 Å². The molecule has 0 aliphatic carbocycles. The van der Waals surface area contributed by atoms with Gasteiger partial charge in [0.25, 0.3) is 0 Å². The van der Waals surface area contributed by atoms with E-state index < -0.39 is 0 Å². The van der Waals surface area contributed by atoms with Crippen LogP contribution in [0, 0.1) is 0 Å². The van der Waals surface area contributed by atoms with Crippen LogP contribution in [0.15, 0.2) is 202 Å². The van der Waals surface area contributed by atoms with Crippen LogP contribution in [0.2, 0.25) is 0 Å². The molecule has 4 nitrogen and oxygen atoms in total. The van der Waals surface area contributed by atoms with E-state index in [-0.39, 0.29) is 0 Å². The standard InChI is InChI=1S/C53H33N3OS/c1-3-14-34(15-4-1)38-19-13-20-39(30-38)52-54-51(37-17-5-2-6-18-37)55-53(56-52)40-29-28-36-27-26-35-16-7-8-21-41(35)43-23-10-12-25-49(43)58-50-33-45-42-22-9-11-24-47(42)57-48(45)32-46(50)44(36)31-40/h1-33H/b27-26-. The van der Waals surface area contributed by atoms with Crippen molar-refractivity contribution in [1.29, 1.82) is 0 Å². The van der Waals surface area contributed by atoms with Crippen LogP contribution in [-0.2, 0) is 0 Å². The third-order valence-corrected chi connectivity index (χ3v) is 11.9. The molecule has 0 unspecified atom stereocenters. The summed E-state index contributed by atoms with van der Waals surface area (Å²) >= 11 is 1.79. The largest absolute Gasteiger partial charge is 0.456 e. The van der Waals surface area contributed by atoms with Crippen LogP contribution in [0.1, 0.15) is 11.1 Å². The van der Waals surface area contributed by atoms with Gasteiger partial charge in [0.05, 0.1) is 0 Å². The van der Waals surface area contributed by atoms with Gasteiger partial charge in [-0.2, -0.15) is 0 Å². The highest BCUT2D eigenvalue weighted by Crippen LogP contribution is 2.47. The number of nitrogens with zero attached hydrogens (tertiary/aromatic N) is 3. The fraction of sp³-hybridized carbons (Fsp3) is 0. The third-order valence-electron chi connectivity index (χ3n) is 10.8. The molecule has 8 aromatic carbocycles. The highest BCUT2D eigenvalue weighted by Gasteiger charge is 2.21. The number of hydrogen-bond acceptors (Lipinski definition) is 5. The molecule has 0 radical (unpaired) electrons. The van der Waals surface area contributed by atoms with Crippen molar-refractivity contribution in [2.24, 2.45) is 0 Å². The van der Waals surface area contributed by atoms with Gasteiger partial charge in [0.2, 0.25) is 0 Å². The van der Waals surface area contributed by atoms with Gasteiger partial charge in [-0.3, -0.25) is 0 Å². The van der Waals surface area contributed by atoms with Gasteiger partial charge in [0, 0.05) is 37.3 Å². The van der Waals surface area contributed by atoms with E-state index in [1.165, 1.54) is 16.0 Å². The van der Waals surface area contributed by atoms with Crippen molar-refractivity contribution >= 4 is 45.9 Å². The monoisotopic (exact) mass is 759 g/mol. The molecule has 58 heavy (non-hydrogen) atoms. The number of hydrogen-bond donors (Lipinski definition) is 0. The third kappa shape index (κ3) is 6.19. The van der Waals surface area contributed by atoms with Gasteiger partial charge in [-0.15, -0.1) is 0 Å². The number of fused-ring (bicyclic) bond motifs is 9. The first-order valence-electron chi connectivity index (χ1n) is 19.3. The summed E-state index contributed by atoms with van der Waals surface area (Å²) < 4.78 is 6.53. The molecule has 5 heteroatoms. The molecule has 0 spiro atoms. The molecule has 0 bridgehead atoms. The van der Waals surface area contributed by atoms with Gasteiger partial charge < -0.3 is 4.42 Å². The smallest absolute Gasteiger partial charge is 0.164 e. The van der Waals surface area contributed by atoms with Gasteiger partial charge in [0.15, 0.2) is 17.5 Å². The second-order valence-electron chi connectivity index (χ2n) is 14.4. The molecule has 1 aliphatic heterocycles. The molecule has 0 atom stereocenters. The van der Waals surface area contributed by atoms with Gasteiger partial charge in [0.1, 0.15) is 11.2 Å². The van der Waals surface area contributed by atoms with Crippen molar-refractivity contribution in [2.75, 3.05) is 0 Å². The van der Waals surface area contributed by atoms with Crippen LogP contribution in [0.5, 0.6) is 0 Å². The summed E-state index contributed by atoms with van der Waals surface area (Å²) in [7, 11) is 0. The first-order chi connectivity index (χ1) is 28.7. The van der Waals surface area contributed by atoms with Crippen LogP contribution >= 0.6 is 11.8 Å². The Labute approximate surface area is 340 Å². The number of aromatic nitrogens is 3. The first kappa shape index (κ1) is 34.0. The zero-order valence-corrected chi connectivity index (χ0v) is 32.0. The lowest BCUT2D eigenvalue weighted by Gasteiger charge is -2.16. The molecule has 2 aromatic heterocycles. The van der Waals surface area contributed by atoms with Crippen molar-refractivity contribution in [1.82, 2.24) is 15.0 Å². The molecular formula is C53H33N3OS. The second kappa shape index (κ2) is 14.3.